The van der Waals surface area contributed by atoms with E-state index >= 15 is 0 Å². The van der Waals surface area contributed by atoms with Gasteiger partial charge < -0.3 is 20.1 Å². The molecule has 5 nitrogen and oxygen atoms in total. The Bertz CT molecular complexity index is 599. The second-order valence-electron chi connectivity index (χ2n) is 8.96. The van der Waals surface area contributed by atoms with E-state index in [2.05, 4.69) is 6.92 Å². The van der Waals surface area contributed by atoms with Gasteiger partial charge in [0.2, 0.25) is 0 Å². The first kappa shape index (κ1) is 17.5. The van der Waals surface area contributed by atoms with Crippen molar-refractivity contribution in [3.63, 3.8) is 0 Å². The number of allylic oxidation sites excluding steroid dienone is 1. The summed E-state index contributed by atoms with van der Waals surface area (Å²) in [6.45, 7) is 3.52. The average molecular weight is 350 g/mol. The third-order valence-corrected chi connectivity index (χ3v) is 7.59. The Hall–Kier alpha value is -0.910. The van der Waals surface area contributed by atoms with Crippen LogP contribution in [0.5, 0.6) is 0 Å². The predicted molar refractivity (Wildman–Crippen MR) is 91.5 cm³/mol. The molecule has 5 heteroatoms. The molecule has 0 spiro atoms. The predicted octanol–water partition coefficient (Wildman–Crippen LogP) is 1.94. The average Bonchev–Trinajstić information content (AvgIpc) is 2.78. The molecule has 2 saturated carbocycles. The Kier molecular flexibility index (Phi) is 4.25. The zero-order valence-corrected chi connectivity index (χ0v) is 15.1. The molecular weight excluding hydrogens is 320 g/mol. The number of ether oxygens (including phenoxy) is 1. The van der Waals surface area contributed by atoms with E-state index in [4.69, 9.17) is 4.74 Å². The Morgan fingerprint density at radius 2 is 1.92 bits per heavy atom. The van der Waals surface area contributed by atoms with Gasteiger partial charge in [-0.2, -0.15) is 0 Å². The van der Waals surface area contributed by atoms with Crippen molar-refractivity contribution in [3.05, 3.63) is 11.1 Å². The second kappa shape index (κ2) is 6.07. The molecule has 2 fully saturated rings. The lowest BCUT2D eigenvalue weighted by Gasteiger charge is -2.53. The molecule has 0 aromatic carbocycles. The number of carbonyl (C=O) groups is 1. The van der Waals surface area contributed by atoms with Gasteiger partial charge in [-0.25, -0.2) is 0 Å². The summed E-state index contributed by atoms with van der Waals surface area (Å²) in [4.78, 5) is 11.5. The standard InChI is InChI=1S/C20H30O5/c1-10(21)25-19-17(24)9-15-18-14(5-6-20(15,19)2)13-4-3-12(22)7-11(13)8-16(18)23/h12,14-19,22-24H,3-9H2,1-2H3/t12-,14?,15?,16?,17+,18?,19-,20-/m0/s1. The summed E-state index contributed by atoms with van der Waals surface area (Å²) in [6.07, 6.45) is 3.76. The van der Waals surface area contributed by atoms with Gasteiger partial charge in [-0.05, 0) is 62.7 Å². The molecule has 0 aromatic rings. The number of esters is 1. The van der Waals surface area contributed by atoms with Gasteiger partial charge in [0, 0.05) is 12.3 Å². The number of aliphatic hydroxyl groups excluding tert-OH is 3. The van der Waals surface area contributed by atoms with Gasteiger partial charge in [0.05, 0.1) is 18.3 Å². The van der Waals surface area contributed by atoms with Gasteiger partial charge in [-0.3, -0.25) is 4.79 Å². The van der Waals surface area contributed by atoms with E-state index in [0.29, 0.717) is 25.2 Å². The minimum absolute atomic E-state index is 0.128. The van der Waals surface area contributed by atoms with Crippen LogP contribution in [-0.2, 0) is 9.53 Å². The fourth-order valence-electron chi connectivity index (χ4n) is 6.57. The quantitative estimate of drug-likeness (QED) is 0.497. The van der Waals surface area contributed by atoms with Crippen LogP contribution in [0, 0.1) is 23.2 Å². The summed E-state index contributed by atoms with van der Waals surface area (Å²) in [5, 5.41) is 31.5. The Morgan fingerprint density at radius 3 is 2.64 bits per heavy atom. The molecular formula is C20H30O5. The fraction of sp³-hybridized carbons (Fsp3) is 0.850. The largest absolute Gasteiger partial charge is 0.459 e. The van der Waals surface area contributed by atoms with Crippen LogP contribution in [0.2, 0.25) is 0 Å². The van der Waals surface area contributed by atoms with Crippen molar-refractivity contribution in [1.82, 2.24) is 0 Å². The van der Waals surface area contributed by atoms with Crippen LogP contribution in [0.1, 0.15) is 58.8 Å². The van der Waals surface area contributed by atoms with Gasteiger partial charge >= 0.3 is 5.97 Å². The first-order chi connectivity index (χ1) is 11.8. The van der Waals surface area contributed by atoms with E-state index in [9.17, 15) is 20.1 Å². The minimum Gasteiger partial charge on any atom is -0.459 e. The molecule has 4 aliphatic rings. The molecule has 140 valence electrons. The Labute approximate surface area is 149 Å². The molecule has 0 amide bonds. The highest BCUT2D eigenvalue weighted by Crippen LogP contribution is 2.61. The SMILES string of the molecule is CC(=O)O[C@H]1[C@H](O)CC2C3C(O)CC4=C(CC[C@H](O)C4)C3CC[C@@]21C. The zero-order chi connectivity index (χ0) is 17.9. The number of carbonyl (C=O) groups excluding carboxylic acids is 1. The monoisotopic (exact) mass is 350 g/mol. The Balaban J connectivity index is 1.65. The van der Waals surface area contributed by atoms with E-state index in [0.717, 1.165) is 25.7 Å². The smallest absolute Gasteiger partial charge is 0.303 e. The summed E-state index contributed by atoms with van der Waals surface area (Å²) in [5.41, 5.74) is 2.47. The lowest BCUT2D eigenvalue weighted by Crippen LogP contribution is -2.51. The molecule has 0 radical (unpaired) electrons. The van der Waals surface area contributed by atoms with Crippen molar-refractivity contribution in [1.29, 1.82) is 0 Å². The molecule has 0 bridgehead atoms. The molecule has 3 N–H and O–H groups in total. The van der Waals surface area contributed by atoms with Crippen LogP contribution < -0.4 is 0 Å². The third-order valence-electron chi connectivity index (χ3n) is 7.59. The molecule has 4 rings (SSSR count). The van der Waals surface area contributed by atoms with Crippen LogP contribution in [0.3, 0.4) is 0 Å². The number of rotatable bonds is 1. The molecule has 4 aliphatic carbocycles. The van der Waals surface area contributed by atoms with Gasteiger partial charge in [-0.15, -0.1) is 0 Å². The third kappa shape index (κ3) is 2.66. The first-order valence-electron chi connectivity index (χ1n) is 9.73. The van der Waals surface area contributed by atoms with Crippen molar-refractivity contribution in [2.75, 3.05) is 0 Å². The van der Waals surface area contributed by atoms with E-state index in [-0.39, 0.29) is 29.3 Å². The molecule has 8 atom stereocenters. The summed E-state index contributed by atoms with van der Waals surface area (Å²) in [7, 11) is 0. The molecule has 0 saturated heterocycles. The molecule has 0 aliphatic heterocycles. The molecule has 0 aromatic heterocycles. The van der Waals surface area contributed by atoms with Crippen molar-refractivity contribution in [2.45, 2.75) is 83.2 Å². The van der Waals surface area contributed by atoms with E-state index in [1.807, 2.05) is 0 Å². The van der Waals surface area contributed by atoms with E-state index in [1.165, 1.54) is 18.1 Å². The van der Waals surface area contributed by atoms with E-state index in [1.54, 1.807) is 0 Å². The van der Waals surface area contributed by atoms with Crippen molar-refractivity contribution < 1.29 is 24.9 Å². The zero-order valence-electron chi connectivity index (χ0n) is 15.1. The number of hydrogen-bond acceptors (Lipinski definition) is 5. The first-order valence-corrected chi connectivity index (χ1v) is 9.73. The topological polar surface area (TPSA) is 87.0 Å². The van der Waals surface area contributed by atoms with Crippen LogP contribution in [0.25, 0.3) is 0 Å². The van der Waals surface area contributed by atoms with Crippen molar-refractivity contribution in [3.8, 4) is 0 Å². The van der Waals surface area contributed by atoms with Crippen LogP contribution in [0.4, 0.5) is 0 Å². The molecule has 4 unspecified atom stereocenters. The summed E-state index contributed by atoms with van der Waals surface area (Å²) in [5.74, 6) is 0.306. The highest BCUT2D eigenvalue weighted by Gasteiger charge is 2.61. The summed E-state index contributed by atoms with van der Waals surface area (Å²) < 4.78 is 5.52. The Morgan fingerprint density at radius 1 is 1.16 bits per heavy atom. The van der Waals surface area contributed by atoms with Crippen LogP contribution in [-0.4, -0.2) is 45.7 Å². The lowest BCUT2D eigenvalue weighted by atomic mass is 9.53. The molecule has 25 heavy (non-hydrogen) atoms. The van der Waals surface area contributed by atoms with Crippen molar-refractivity contribution in [2.24, 2.45) is 23.2 Å². The second-order valence-corrected chi connectivity index (χ2v) is 8.96. The normalized spacial score (nSPS) is 49.2. The van der Waals surface area contributed by atoms with Crippen LogP contribution in [0.15, 0.2) is 11.1 Å². The maximum atomic E-state index is 11.5. The van der Waals surface area contributed by atoms with Gasteiger partial charge in [0.1, 0.15) is 6.10 Å². The fourth-order valence-corrected chi connectivity index (χ4v) is 6.57. The minimum atomic E-state index is -0.645. The van der Waals surface area contributed by atoms with E-state index < -0.39 is 18.3 Å². The molecule has 0 heterocycles. The van der Waals surface area contributed by atoms with Crippen molar-refractivity contribution >= 4 is 5.97 Å². The maximum Gasteiger partial charge on any atom is 0.303 e. The number of hydrogen-bond donors (Lipinski definition) is 3. The highest BCUT2D eigenvalue weighted by atomic mass is 16.6. The maximum absolute atomic E-state index is 11.5. The summed E-state index contributed by atoms with van der Waals surface area (Å²) >= 11 is 0. The summed E-state index contributed by atoms with van der Waals surface area (Å²) in [6, 6.07) is 0. The van der Waals surface area contributed by atoms with Crippen LogP contribution >= 0.6 is 0 Å². The highest BCUT2D eigenvalue weighted by molar-refractivity contribution is 5.66. The van der Waals surface area contributed by atoms with Gasteiger partial charge in [-0.1, -0.05) is 18.1 Å². The number of fused-ring (bicyclic) bond motifs is 4. The lowest BCUT2D eigenvalue weighted by molar-refractivity contribution is -0.163. The van der Waals surface area contributed by atoms with Gasteiger partial charge in [0.15, 0.2) is 0 Å². The van der Waals surface area contributed by atoms with Gasteiger partial charge in [0.25, 0.3) is 0 Å². The number of aliphatic hydroxyl groups is 3.